The molecule has 0 bridgehead atoms. The van der Waals surface area contributed by atoms with Crippen molar-refractivity contribution in [3.8, 4) is 23.0 Å². The lowest BCUT2D eigenvalue weighted by Gasteiger charge is -2.39. The van der Waals surface area contributed by atoms with Gasteiger partial charge in [-0.25, -0.2) is 9.59 Å². The number of anilines is 4. The summed E-state index contributed by atoms with van der Waals surface area (Å²) in [7, 11) is 6.14. The molecule has 4 fully saturated rings. The largest absolute Gasteiger partial charge is 0.496 e. The van der Waals surface area contributed by atoms with E-state index in [0.29, 0.717) is 51.9 Å². The van der Waals surface area contributed by atoms with E-state index in [4.69, 9.17) is 63.3 Å². The van der Waals surface area contributed by atoms with Crippen LogP contribution in [0.2, 0.25) is 10.0 Å². The number of nitrogen functional groups attached to an aromatic ring is 2. The molecule has 22 heteroatoms. The van der Waals surface area contributed by atoms with Gasteiger partial charge in [0.2, 0.25) is 0 Å². The smallest absolute Gasteiger partial charge is 0.444 e. The molecule has 0 radical (unpaired) electrons. The number of benzene rings is 4. The Morgan fingerprint density at radius 3 is 1.13 bits per heavy atom. The third-order valence-corrected chi connectivity index (χ3v) is 16.0. The number of nitrogens with zero attached hydrogens (tertiary/aromatic N) is 8. The maximum absolute atomic E-state index is 14.6. The summed E-state index contributed by atoms with van der Waals surface area (Å²) in [5, 5.41) is 1.97. The number of rotatable bonds is 18. The molecule has 4 aliphatic heterocycles. The van der Waals surface area contributed by atoms with Gasteiger partial charge < -0.3 is 59.7 Å². The summed E-state index contributed by atoms with van der Waals surface area (Å²) in [5.41, 5.74) is 14.7. The summed E-state index contributed by atoms with van der Waals surface area (Å²) < 4.78 is 22.2. The molecule has 4 aliphatic rings. The van der Waals surface area contributed by atoms with E-state index in [2.05, 4.69) is 41.5 Å². The Hall–Kier alpha value is -6.42. The lowest BCUT2D eigenvalue weighted by molar-refractivity contribution is -0.215. The van der Waals surface area contributed by atoms with Crippen LogP contribution in [-0.4, -0.2) is 199 Å². The number of hydroxylamine groups is 4. The van der Waals surface area contributed by atoms with E-state index in [1.165, 1.54) is 38.5 Å². The summed E-state index contributed by atoms with van der Waals surface area (Å²) in [6.07, 6.45) is 3.54. The van der Waals surface area contributed by atoms with Crippen LogP contribution in [0.15, 0.2) is 72.8 Å². The number of carbonyl (C=O) groups excluding carboxylic acids is 4. The molecule has 2 amide bonds. The van der Waals surface area contributed by atoms with Crippen LogP contribution in [-0.2, 0) is 19.3 Å². The first-order valence-electron chi connectivity index (χ1n) is 26.8. The van der Waals surface area contributed by atoms with Gasteiger partial charge in [-0.2, -0.15) is 10.1 Å². The Bertz CT molecular complexity index is 2510. The van der Waals surface area contributed by atoms with E-state index in [0.717, 1.165) is 124 Å². The highest BCUT2D eigenvalue weighted by Crippen LogP contribution is 2.35. The zero-order valence-corrected chi connectivity index (χ0v) is 46.7. The molecule has 0 spiro atoms. The van der Waals surface area contributed by atoms with Gasteiger partial charge in [0, 0.05) is 90.7 Å². The second kappa shape index (κ2) is 27.4. The van der Waals surface area contributed by atoms with E-state index >= 15 is 0 Å². The molecule has 4 aromatic rings. The molecule has 0 aliphatic carbocycles. The number of para-hydroxylation sites is 4. The predicted molar refractivity (Wildman–Crippen MR) is 301 cm³/mol. The molecule has 78 heavy (non-hydrogen) atoms. The van der Waals surface area contributed by atoms with Crippen molar-refractivity contribution in [1.82, 2.24) is 29.7 Å². The summed E-state index contributed by atoms with van der Waals surface area (Å²) >= 11 is 12.9. The van der Waals surface area contributed by atoms with Crippen LogP contribution in [0.5, 0.6) is 23.0 Å². The van der Waals surface area contributed by atoms with E-state index in [1.54, 1.807) is 14.2 Å². The standard InChI is InChI=1S/C56H74Cl2N10O10/c1-73-49-13-7-5-11-47(49)65-31-27-63(28-32-65)21-9-19-61-23-15-39(16-24-61)67(53(69)41-35-43(57)45(59)37-51(41)75-3)77-55(71)56(72)78-68(54(70)42-36-44(58)46(60)38-52(42)76-4)40-17-25-62(26-18-40)20-10-22-64-29-33-66(34-30-64)48-12-6-8-14-50(48)74-2/h5-8,11-14,35-40H,9-10,15-34,59-60H2,1-4H3. The first kappa shape index (κ1) is 57.7. The molecular weight excluding hydrogens is 1040 g/mol. The third-order valence-electron chi connectivity index (χ3n) is 15.3. The van der Waals surface area contributed by atoms with Gasteiger partial charge in [0.05, 0.1) is 84.4 Å². The minimum Gasteiger partial charge on any atom is -0.496 e. The average molecular weight is 1120 g/mol. The maximum Gasteiger partial charge on any atom is 0.444 e. The fraction of sp³-hybridized carbons (Fsp3) is 0.500. The molecule has 0 aromatic heterocycles. The quantitative estimate of drug-likeness (QED) is 0.0662. The number of nitrogens with two attached hydrogens (primary N) is 2. The molecule has 4 saturated heterocycles. The number of likely N-dealkylation sites (tertiary alicyclic amines) is 2. The SMILES string of the molecule is COc1cc(N)c(Cl)cc1C(=O)N(OC(=O)C(=O)ON(C(=O)c1cc(Cl)c(N)cc1OC)C1CCN(CCCN2CCN(c3ccccc3OC)CC2)CC1)C1CCN(CCCN2CCN(c3ccccc3OC)CC2)CC1. The molecule has 20 nitrogen and oxygen atoms in total. The molecule has 4 aromatic carbocycles. The van der Waals surface area contributed by atoms with Gasteiger partial charge in [0.15, 0.2) is 0 Å². The van der Waals surface area contributed by atoms with Gasteiger partial charge in [-0.1, -0.05) is 47.5 Å². The second-order valence-electron chi connectivity index (χ2n) is 20.0. The fourth-order valence-electron chi connectivity index (χ4n) is 10.9. The monoisotopic (exact) mass is 1120 g/mol. The lowest BCUT2D eigenvalue weighted by atomic mass is 10.0. The molecule has 0 atom stereocenters. The van der Waals surface area contributed by atoms with Gasteiger partial charge in [0.25, 0.3) is 11.8 Å². The zero-order valence-electron chi connectivity index (χ0n) is 45.2. The number of piperidine rings is 2. The molecule has 0 saturated carbocycles. The second-order valence-corrected chi connectivity index (χ2v) is 20.8. The van der Waals surface area contributed by atoms with Gasteiger partial charge in [-0.15, -0.1) is 0 Å². The summed E-state index contributed by atoms with van der Waals surface area (Å²) in [5.74, 6) is -2.66. The molecule has 4 N–H and O–H groups in total. The Morgan fingerprint density at radius 2 is 0.795 bits per heavy atom. The number of ether oxygens (including phenoxy) is 4. The van der Waals surface area contributed by atoms with Gasteiger partial charge in [0.1, 0.15) is 23.0 Å². The van der Waals surface area contributed by atoms with Crippen molar-refractivity contribution in [2.75, 3.05) is 154 Å². The van der Waals surface area contributed by atoms with Gasteiger partial charge >= 0.3 is 11.9 Å². The van der Waals surface area contributed by atoms with Crippen LogP contribution in [0, 0.1) is 0 Å². The van der Waals surface area contributed by atoms with Crippen LogP contribution in [0.1, 0.15) is 59.2 Å². The Labute approximate surface area is 467 Å². The van der Waals surface area contributed by atoms with Crippen LogP contribution in [0.25, 0.3) is 0 Å². The number of amides is 2. The summed E-state index contributed by atoms with van der Waals surface area (Å²) in [6.45, 7) is 13.2. The topological polar surface area (TPSA) is 202 Å². The lowest BCUT2D eigenvalue weighted by Crippen LogP contribution is -2.51. The highest BCUT2D eigenvalue weighted by molar-refractivity contribution is 6.34. The minimum absolute atomic E-state index is 0.0336. The van der Waals surface area contributed by atoms with E-state index < -0.39 is 35.8 Å². The average Bonchev–Trinajstić information content (AvgIpc) is 3.48. The fourth-order valence-corrected chi connectivity index (χ4v) is 11.2. The maximum atomic E-state index is 14.6. The first-order chi connectivity index (χ1) is 37.8. The van der Waals surface area contributed by atoms with E-state index in [9.17, 15) is 19.2 Å². The predicted octanol–water partition coefficient (Wildman–Crippen LogP) is 6.05. The Balaban J connectivity index is 0.894. The summed E-state index contributed by atoms with van der Waals surface area (Å²) in [4.78, 5) is 83.2. The van der Waals surface area contributed by atoms with Crippen molar-refractivity contribution < 1.29 is 47.8 Å². The Kier molecular flexibility index (Phi) is 20.3. The number of hydrogen-bond donors (Lipinski definition) is 2. The molecule has 0 unspecified atom stereocenters. The molecule has 422 valence electrons. The van der Waals surface area contributed by atoms with Crippen molar-refractivity contribution >= 4 is 69.7 Å². The normalized spacial score (nSPS) is 17.3. The molecule has 8 rings (SSSR count). The molecular formula is C56H74Cl2N10O10. The van der Waals surface area contributed by atoms with Crippen LogP contribution < -0.4 is 40.2 Å². The van der Waals surface area contributed by atoms with Crippen molar-refractivity contribution in [1.29, 1.82) is 0 Å². The number of hydrogen-bond acceptors (Lipinski definition) is 18. The van der Waals surface area contributed by atoms with Gasteiger partial charge in [-0.3, -0.25) is 19.4 Å². The highest BCUT2D eigenvalue weighted by Gasteiger charge is 2.40. The minimum atomic E-state index is -1.52. The zero-order chi connectivity index (χ0) is 55.3. The van der Waals surface area contributed by atoms with Crippen molar-refractivity contribution in [2.24, 2.45) is 0 Å². The van der Waals surface area contributed by atoms with Crippen LogP contribution in [0.3, 0.4) is 0 Å². The highest BCUT2D eigenvalue weighted by atomic mass is 35.5. The summed E-state index contributed by atoms with van der Waals surface area (Å²) in [6, 6.07) is 20.4. The third kappa shape index (κ3) is 14.2. The van der Waals surface area contributed by atoms with Crippen LogP contribution >= 0.6 is 23.2 Å². The number of methoxy groups -OCH3 is 4. The van der Waals surface area contributed by atoms with Gasteiger partial charge in [-0.05, 0) is 101 Å². The van der Waals surface area contributed by atoms with Crippen molar-refractivity contribution in [3.05, 3.63) is 94.0 Å². The number of halogens is 2. The van der Waals surface area contributed by atoms with E-state index in [1.807, 2.05) is 36.4 Å². The Morgan fingerprint density at radius 1 is 0.474 bits per heavy atom. The number of piperazine rings is 2. The number of carbonyl (C=O) groups is 4. The van der Waals surface area contributed by atoms with Crippen molar-refractivity contribution in [3.63, 3.8) is 0 Å². The van der Waals surface area contributed by atoms with Crippen molar-refractivity contribution in [2.45, 2.75) is 50.6 Å². The first-order valence-corrected chi connectivity index (χ1v) is 27.6. The van der Waals surface area contributed by atoms with E-state index in [-0.39, 0.29) is 44.0 Å². The van der Waals surface area contributed by atoms with Crippen LogP contribution in [0.4, 0.5) is 22.7 Å². The molecule has 4 heterocycles.